The largest absolute Gasteiger partial charge is 0.480 e. The van der Waals surface area contributed by atoms with Gasteiger partial charge < -0.3 is 15.7 Å². The molecule has 1 aliphatic carbocycles. The van der Waals surface area contributed by atoms with Crippen molar-refractivity contribution in [3.63, 3.8) is 0 Å². The van der Waals surface area contributed by atoms with Crippen molar-refractivity contribution in [1.82, 2.24) is 10.6 Å². The third kappa shape index (κ3) is 3.54. The van der Waals surface area contributed by atoms with Gasteiger partial charge in [-0.15, -0.1) is 0 Å². The highest BCUT2D eigenvalue weighted by molar-refractivity contribution is 5.86. The predicted octanol–water partition coefficient (Wildman–Crippen LogP) is 2.36. The first-order valence-corrected chi connectivity index (χ1v) is 7.18. The summed E-state index contributed by atoms with van der Waals surface area (Å²) in [4.78, 5) is 23.3. The second kappa shape index (κ2) is 5.76. The summed E-state index contributed by atoms with van der Waals surface area (Å²) in [6.45, 7) is 6.01. The minimum atomic E-state index is -1.17. The van der Waals surface area contributed by atoms with Crippen molar-refractivity contribution in [2.24, 2.45) is 5.92 Å². The minimum absolute atomic E-state index is 0.0300. The van der Waals surface area contributed by atoms with Crippen LogP contribution < -0.4 is 10.6 Å². The van der Waals surface area contributed by atoms with Gasteiger partial charge in [-0.1, -0.05) is 18.2 Å². The van der Waals surface area contributed by atoms with Crippen LogP contribution in [0.25, 0.3) is 0 Å². The molecule has 0 aliphatic heterocycles. The number of carbonyl (C=O) groups excluding carboxylic acids is 1. The maximum absolute atomic E-state index is 11.9. The Labute approximate surface area is 124 Å². The number of amides is 2. The minimum Gasteiger partial charge on any atom is -0.480 e. The monoisotopic (exact) mass is 290 g/mol. The predicted molar refractivity (Wildman–Crippen MR) is 80.1 cm³/mol. The smallest absolute Gasteiger partial charge is 0.329 e. The Bertz CT molecular complexity index is 567. The van der Waals surface area contributed by atoms with Gasteiger partial charge in [0.15, 0.2) is 0 Å². The molecular formula is C16H22N2O3. The van der Waals surface area contributed by atoms with E-state index >= 15 is 0 Å². The molecule has 0 spiro atoms. The van der Waals surface area contributed by atoms with E-state index < -0.39 is 17.5 Å². The van der Waals surface area contributed by atoms with Crippen LogP contribution in [0.4, 0.5) is 4.79 Å². The summed E-state index contributed by atoms with van der Waals surface area (Å²) < 4.78 is 0. The molecule has 0 radical (unpaired) electrons. The van der Waals surface area contributed by atoms with Gasteiger partial charge in [0.2, 0.25) is 0 Å². The van der Waals surface area contributed by atoms with Gasteiger partial charge in [-0.25, -0.2) is 9.59 Å². The molecule has 1 fully saturated rings. The summed E-state index contributed by atoms with van der Waals surface area (Å²) in [5.41, 5.74) is 2.20. The molecule has 21 heavy (non-hydrogen) atoms. The second-order valence-electron chi connectivity index (χ2n) is 6.01. The van der Waals surface area contributed by atoms with Crippen LogP contribution >= 0.6 is 0 Å². The first-order valence-electron chi connectivity index (χ1n) is 7.18. The summed E-state index contributed by atoms with van der Waals surface area (Å²) >= 11 is 0. The lowest BCUT2D eigenvalue weighted by molar-refractivity contribution is -0.144. The number of rotatable bonds is 5. The number of nitrogens with one attached hydrogen (secondary N) is 2. The van der Waals surface area contributed by atoms with E-state index in [4.69, 9.17) is 0 Å². The molecule has 2 rings (SSSR count). The Kier molecular flexibility index (Phi) is 4.21. The zero-order chi connectivity index (χ0) is 15.6. The molecule has 1 saturated carbocycles. The molecule has 1 aromatic carbocycles. The molecule has 3 N–H and O–H groups in total. The fourth-order valence-electron chi connectivity index (χ4n) is 2.37. The number of carboxylic acid groups (broad SMARTS) is 1. The van der Waals surface area contributed by atoms with E-state index in [-0.39, 0.29) is 5.92 Å². The SMILES string of the molecule is Cc1ccc(CNC(=O)NC(C)(C(=O)O)C2CC2)cc1C. The first-order chi connectivity index (χ1) is 9.83. The van der Waals surface area contributed by atoms with E-state index in [1.54, 1.807) is 6.92 Å². The molecule has 1 unspecified atom stereocenters. The van der Waals surface area contributed by atoms with Crippen LogP contribution in [0.1, 0.15) is 36.5 Å². The number of aliphatic carboxylic acids is 1. The van der Waals surface area contributed by atoms with Gasteiger partial charge in [0.25, 0.3) is 0 Å². The van der Waals surface area contributed by atoms with Crippen molar-refractivity contribution in [2.75, 3.05) is 0 Å². The number of carbonyl (C=O) groups is 2. The lowest BCUT2D eigenvalue weighted by Crippen LogP contribution is -2.56. The van der Waals surface area contributed by atoms with Crippen LogP contribution in [0.5, 0.6) is 0 Å². The molecule has 5 heteroatoms. The van der Waals surface area contributed by atoms with E-state index in [2.05, 4.69) is 10.6 Å². The van der Waals surface area contributed by atoms with E-state index in [1.807, 2.05) is 32.0 Å². The number of aryl methyl sites for hydroxylation is 2. The van der Waals surface area contributed by atoms with Crippen LogP contribution in [-0.2, 0) is 11.3 Å². The molecule has 0 heterocycles. The Hall–Kier alpha value is -2.04. The third-order valence-corrected chi connectivity index (χ3v) is 4.24. The van der Waals surface area contributed by atoms with Gasteiger partial charge in [0.05, 0.1) is 0 Å². The van der Waals surface area contributed by atoms with E-state index in [0.717, 1.165) is 18.4 Å². The maximum Gasteiger partial charge on any atom is 0.329 e. The summed E-state index contributed by atoms with van der Waals surface area (Å²) in [5.74, 6) is -0.950. The summed E-state index contributed by atoms with van der Waals surface area (Å²) in [5, 5.41) is 14.6. The summed E-state index contributed by atoms with van der Waals surface area (Å²) in [7, 11) is 0. The Morgan fingerprint density at radius 2 is 1.95 bits per heavy atom. The molecule has 1 aliphatic rings. The van der Waals surface area contributed by atoms with Crippen LogP contribution in [0.15, 0.2) is 18.2 Å². The Morgan fingerprint density at radius 1 is 1.29 bits per heavy atom. The number of urea groups is 1. The number of hydrogen-bond acceptors (Lipinski definition) is 2. The van der Waals surface area contributed by atoms with Crippen molar-refractivity contribution in [1.29, 1.82) is 0 Å². The Morgan fingerprint density at radius 3 is 2.48 bits per heavy atom. The normalized spacial score (nSPS) is 16.9. The molecule has 114 valence electrons. The molecule has 0 saturated heterocycles. The van der Waals surface area contributed by atoms with Gasteiger partial charge in [-0.2, -0.15) is 0 Å². The second-order valence-corrected chi connectivity index (χ2v) is 6.01. The zero-order valence-corrected chi connectivity index (χ0v) is 12.7. The number of hydrogen-bond donors (Lipinski definition) is 3. The van der Waals surface area contributed by atoms with E-state index in [0.29, 0.717) is 6.54 Å². The molecule has 5 nitrogen and oxygen atoms in total. The van der Waals surface area contributed by atoms with Crippen LogP contribution in [0.3, 0.4) is 0 Å². The summed E-state index contributed by atoms with van der Waals surface area (Å²) in [6, 6.07) is 5.55. The fourth-order valence-corrected chi connectivity index (χ4v) is 2.37. The molecule has 1 atom stereocenters. The third-order valence-electron chi connectivity index (χ3n) is 4.24. The Balaban J connectivity index is 1.92. The van der Waals surface area contributed by atoms with Crippen LogP contribution in [0.2, 0.25) is 0 Å². The molecule has 1 aromatic rings. The highest BCUT2D eigenvalue weighted by Crippen LogP contribution is 2.39. The van der Waals surface area contributed by atoms with Crippen LogP contribution in [0, 0.1) is 19.8 Å². The van der Waals surface area contributed by atoms with Gasteiger partial charge >= 0.3 is 12.0 Å². The average molecular weight is 290 g/mol. The van der Waals surface area contributed by atoms with Gasteiger partial charge in [0, 0.05) is 6.54 Å². The van der Waals surface area contributed by atoms with Crippen molar-refractivity contribution >= 4 is 12.0 Å². The highest BCUT2D eigenvalue weighted by atomic mass is 16.4. The van der Waals surface area contributed by atoms with Gasteiger partial charge in [0.1, 0.15) is 5.54 Å². The van der Waals surface area contributed by atoms with Gasteiger partial charge in [-0.3, -0.25) is 0 Å². The quantitative estimate of drug-likeness (QED) is 0.779. The molecular weight excluding hydrogens is 268 g/mol. The van der Waals surface area contributed by atoms with Gasteiger partial charge in [-0.05, 0) is 56.2 Å². The first kappa shape index (κ1) is 15.4. The van der Waals surface area contributed by atoms with E-state index in [1.165, 1.54) is 11.1 Å². The van der Waals surface area contributed by atoms with Crippen molar-refractivity contribution < 1.29 is 14.7 Å². The van der Waals surface area contributed by atoms with Crippen molar-refractivity contribution in [3.05, 3.63) is 34.9 Å². The van der Waals surface area contributed by atoms with Crippen molar-refractivity contribution in [3.8, 4) is 0 Å². The zero-order valence-electron chi connectivity index (χ0n) is 12.7. The average Bonchev–Trinajstić information content (AvgIpc) is 3.24. The number of carboxylic acids is 1. The van der Waals surface area contributed by atoms with Crippen molar-refractivity contribution in [2.45, 2.75) is 45.7 Å². The number of benzene rings is 1. The molecule has 0 bridgehead atoms. The molecule has 2 amide bonds. The lowest BCUT2D eigenvalue weighted by Gasteiger charge is -2.26. The summed E-state index contributed by atoms with van der Waals surface area (Å²) in [6.07, 6.45) is 1.69. The molecule has 0 aromatic heterocycles. The lowest BCUT2D eigenvalue weighted by atomic mass is 9.96. The standard InChI is InChI=1S/C16H22N2O3/c1-10-4-5-12(8-11(10)2)9-17-15(21)18-16(3,14(19)20)13-6-7-13/h4-5,8,13H,6-7,9H2,1-3H3,(H,19,20)(H2,17,18,21). The van der Waals surface area contributed by atoms with E-state index in [9.17, 15) is 14.7 Å². The topological polar surface area (TPSA) is 78.4 Å². The van der Waals surface area contributed by atoms with Crippen LogP contribution in [-0.4, -0.2) is 22.6 Å². The fraction of sp³-hybridized carbons (Fsp3) is 0.500. The highest BCUT2D eigenvalue weighted by Gasteiger charge is 2.48. The maximum atomic E-state index is 11.9.